The van der Waals surface area contributed by atoms with Gasteiger partial charge in [0.1, 0.15) is 0 Å². The van der Waals surface area contributed by atoms with Crippen LogP contribution in [0.25, 0.3) is 0 Å². The molecule has 4 nitrogen and oxygen atoms in total. The molecule has 4 heteroatoms. The number of benzene rings is 1. The summed E-state index contributed by atoms with van der Waals surface area (Å²) in [5, 5.41) is 12.0. The van der Waals surface area contributed by atoms with E-state index in [9.17, 15) is 0 Å². The predicted octanol–water partition coefficient (Wildman–Crippen LogP) is 1.43. The Morgan fingerprint density at radius 3 is 2.56 bits per heavy atom. The van der Waals surface area contributed by atoms with Gasteiger partial charge in [0.05, 0.1) is 6.04 Å². The summed E-state index contributed by atoms with van der Waals surface area (Å²) in [7, 11) is 0. The molecule has 0 aromatic heterocycles. The molecule has 0 saturated heterocycles. The Labute approximate surface area is 96.2 Å². The second kappa shape index (κ2) is 6.12. The minimum atomic E-state index is 0.00112. The number of rotatable bonds is 4. The van der Waals surface area contributed by atoms with Crippen LogP contribution >= 0.6 is 0 Å². The third-order valence-electron chi connectivity index (χ3n) is 2.50. The fourth-order valence-corrected chi connectivity index (χ4v) is 1.20. The fourth-order valence-electron chi connectivity index (χ4n) is 1.20. The van der Waals surface area contributed by atoms with Crippen molar-refractivity contribution in [1.82, 2.24) is 0 Å². The van der Waals surface area contributed by atoms with Crippen molar-refractivity contribution >= 4 is 11.6 Å². The number of aliphatic hydroxyl groups is 1. The zero-order valence-corrected chi connectivity index (χ0v) is 9.72. The summed E-state index contributed by atoms with van der Waals surface area (Å²) in [4.78, 5) is 4.27. The Morgan fingerprint density at radius 1 is 1.38 bits per heavy atom. The van der Waals surface area contributed by atoms with Crippen LogP contribution in [0.1, 0.15) is 13.8 Å². The fraction of sp³-hybridized carbons (Fsp3) is 0.417. The summed E-state index contributed by atoms with van der Waals surface area (Å²) in [6.45, 7) is 3.98. The van der Waals surface area contributed by atoms with Gasteiger partial charge in [0, 0.05) is 18.2 Å². The lowest BCUT2D eigenvalue weighted by Gasteiger charge is -2.14. The van der Waals surface area contributed by atoms with Crippen molar-refractivity contribution in [1.29, 1.82) is 0 Å². The molecule has 4 N–H and O–H groups in total. The first-order chi connectivity index (χ1) is 7.63. The van der Waals surface area contributed by atoms with Crippen LogP contribution in [0.5, 0.6) is 0 Å². The van der Waals surface area contributed by atoms with E-state index < -0.39 is 0 Å². The molecule has 2 atom stereocenters. The van der Waals surface area contributed by atoms with E-state index in [1.807, 2.05) is 44.2 Å². The van der Waals surface area contributed by atoms with Gasteiger partial charge in [-0.15, -0.1) is 0 Å². The quantitative estimate of drug-likeness (QED) is 0.532. The maximum atomic E-state index is 8.98. The van der Waals surface area contributed by atoms with Gasteiger partial charge >= 0.3 is 0 Å². The van der Waals surface area contributed by atoms with Gasteiger partial charge in [-0.05, 0) is 19.1 Å². The molecule has 0 amide bonds. The minimum absolute atomic E-state index is 0.00112. The highest BCUT2D eigenvalue weighted by Crippen LogP contribution is 2.07. The van der Waals surface area contributed by atoms with Gasteiger partial charge in [0.15, 0.2) is 5.96 Å². The number of hydrogen-bond acceptors (Lipinski definition) is 2. The smallest absolute Gasteiger partial charge is 0.193 e. The molecule has 1 aromatic carbocycles. The zero-order valence-electron chi connectivity index (χ0n) is 9.72. The molecule has 0 fully saturated rings. The van der Waals surface area contributed by atoms with Crippen molar-refractivity contribution in [2.75, 3.05) is 11.9 Å². The summed E-state index contributed by atoms with van der Waals surface area (Å²) in [6, 6.07) is 9.63. The number of aliphatic imine (C=N–C) groups is 1. The summed E-state index contributed by atoms with van der Waals surface area (Å²) in [5.41, 5.74) is 6.67. The van der Waals surface area contributed by atoms with E-state index in [1.54, 1.807) is 0 Å². The van der Waals surface area contributed by atoms with Gasteiger partial charge in [-0.25, -0.2) is 4.99 Å². The summed E-state index contributed by atoms with van der Waals surface area (Å²) >= 11 is 0. The van der Waals surface area contributed by atoms with Crippen LogP contribution in [0.15, 0.2) is 35.3 Å². The van der Waals surface area contributed by atoms with Gasteiger partial charge in [0.2, 0.25) is 0 Å². The second-order valence-corrected chi connectivity index (χ2v) is 3.91. The Kier molecular flexibility index (Phi) is 4.79. The van der Waals surface area contributed by atoms with Crippen LogP contribution in [0.4, 0.5) is 5.69 Å². The van der Waals surface area contributed by atoms with Crippen LogP contribution in [0, 0.1) is 5.92 Å². The van der Waals surface area contributed by atoms with Crippen molar-refractivity contribution < 1.29 is 5.11 Å². The Hall–Kier alpha value is -1.55. The SMILES string of the molecule is CC(CO)C(C)N=C(N)Nc1ccccc1. The van der Waals surface area contributed by atoms with Crippen molar-refractivity contribution in [3.05, 3.63) is 30.3 Å². The number of aliphatic hydroxyl groups excluding tert-OH is 1. The number of anilines is 1. The lowest BCUT2D eigenvalue weighted by Crippen LogP contribution is -2.27. The lowest BCUT2D eigenvalue weighted by molar-refractivity contribution is 0.222. The summed E-state index contributed by atoms with van der Waals surface area (Å²) in [6.07, 6.45) is 0. The third-order valence-corrected chi connectivity index (χ3v) is 2.50. The minimum Gasteiger partial charge on any atom is -0.396 e. The standard InChI is InChI=1S/C12H19N3O/c1-9(8-16)10(2)14-12(13)15-11-6-4-3-5-7-11/h3-7,9-10,16H,8H2,1-2H3,(H3,13,14,15). The topological polar surface area (TPSA) is 70.6 Å². The van der Waals surface area contributed by atoms with Gasteiger partial charge in [-0.1, -0.05) is 25.1 Å². The van der Waals surface area contributed by atoms with Crippen molar-refractivity contribution in [2.24, 2.45) is 16.6 Å². The zero-order chi connectivity index (χ0) is 12.0. The van der Waals surface area contributed by atoms with Gasteiger partial charge < -0.3 is 16.2 Å². The molecule has 0 aliphatic heterocycles. The number of nitrogens with two attached hydrogens (primary N) is 1. The molecular weight excluding hydrogens is 202 g/mol. The van der Waals surface area contributed by atoms with Crippen LogP contribution in [0.2, 0.25) is 0 Å². The molecule has 0 aliphatic rings. The highest BCUT2D eigenvalue weighted by atomic mass is 16.3. The Bertz CT molecular complexity index is 337. The van der Waals surface area contributed by atoms with Gasteiger partial charge in [-0.3, -0.25) is 0 Å². The molecule has 88 valence electrons. The Balaban J connectivity index is 2.58. The maximum Gasteiger partial charge on any atom is 0.193 e. The van der Waals surface area contributed by atoms with Gasteiger partial charge in [-0.2, -0.15) is 0 Å². The number of para-hydroxylation sites is 1. The first-order valence-electron chi connectivity index (χ1n) is 5.39. The van der Waals surface area contributed by atoms with E-state index in [-0.39, 0.29) is 18.6 Å². The average Bonchev–Trinajstić information content (AvgIpc) is 2.29. The van der Waals surface area contributed by atoms with Crippen molar-refractivity contribution in [3.63, 3.8) is 0 Å². The van der Waals surface area contributed by atoms with E-state index >= 15 is 0 Å². The van der Waals surface area contributed by atoms with E-state index in [0.717, 1.165) is 5.69 Å². The van der Waals surface area contributed by atoms with Gasteiger partial charge in [0.25, 0.3) is 0 Å². The van der Waals surface area contributed by atoms with E-state index in [1.165, 1.54) is 0 Å². The first kappa shape index (κ1) is 12.5. The van der Waals surface area contributed by atoms with Crippen LogP contribution < -0.4 is 11.1 Å². The number of nitrogens with zero attached hydrogens (tertiary/aromatic N) is 1. The molecule has 1 rings (SSSR count). The van der Waals surface area contributed by atoms with Crippen molar-refractivity contribution in [2.45, 2.75) is 19.9 Å². The first-order valence-corrected chi connectivity index (χ1v) is 5.39. The maximum absolute atomic E-state index is 8.98. The molecule has 0 saturated carbocycles. The molecule has 2 unspecified atom stereocenters. The average molecular weight is 221 g/mol. The molecule has 0 aliphatic carbocycles. The van der Waals surface area contributed by atoms with E-state index in [4.69, 9.17) is 10.8 Å². The van der Waals surface area contributed by atoms with E-state index in [0.29, 0.717) is 5.96 Å². The summed E-state index contributed by atoms with van der Waals surface area (Å²) in [5.74, 6) is 0.482. The Morgan fingerprint density at radius 2 is 2.00 bits per heavy atom. The molecule has 16 heavy (non-hydrogen) atoms. The molecule has 0 heterocycles. The molecule has 0 spiro atoms. The van der Waals surface area contributed by atoms with Crippen LogP contribution in [-0.2, 0) is 0 Å². The lowest BCUT2D eigenvalue weighted by atomic mass is 10.1. The van der Waals surface area contributed by atoms with Crippen molar-refractivity contribution in [3.8, 4) is 0 Å². The third kappa shape index (κ3) is 3.90. The van der Waals surface area contributed by atoms with Crippen LogP contribution in [0.3, 0.4) is 0 Å². The monoisotopic (exact) mass is 221 g/mol. The predicted molar refractivity (Wildman–Crippen MR) is 67.4 cm³/mol. The number of guanidine groups is 1. The molecule has 0 radical (unpaired) electrons. The highest BCUT2D eigenvalue weighted by Gasteiger charge is 2.09. The second-order valence-electron chi connectivity index (χ2n) is 3.91. The van der Waals surface area contributed by atoms with Crippen LogP contribution in [-0.4, -0.2) is 23.7 Å². The molecule has 1 aromatic rings. The normalized spacial score (nSPS) is 15.6. The number of hydrogen-bond donors (Lipinski definition) is 3. The highest BCUT2D eigenvalue weighted by molar-refractivity contribution is 5.92. The molecular formula is C12H19N3O. The number of nitrogens with one attached hydrogen (secondary N) is 1. The van der Waals surface area contributed by atoms with E-state index in [2.05, 4.69) is 10.3 Å². The summed E-state index contributed by atoms with van der Waals surface area (Å²) < 4.78 is 0. The molecule has 0 bridgehead atoms. The largest absolute Gasteiger partial charge is 0.396 e.